The average molecular weight is 379 g/mol. The van der Waals surface area contributed by atoms with E-state index in [2.05, 4.69) is 32.5 Å². The zero-order chi connectivity index (χ0) is 19.0. The highest BCUT2D eigenvalue weighted by Gasteiger charge is 2.13. The first-order chi connectivity index (χ1) is 12.4. The molecule has 0 unspecified atom stereocenters. The summed E-state index contributed by atoms with van der Waals surface area (Å²) in [6.45, 7) is 7.04. The number of guanidine groups is 1. The Kier molecular flexibility index (Phi) is 7.66. The first kappa shape index (κ1) is 20.5. The number of sulfonamides is 1. The van der Waals surface area contributed by atoms with Crippen LogP contribution >= 0.6 is 0 Å². The molecule has 0 fully saturated rings. The molecular formula is C19H30N4O2S. The topological polar surface area (TPSA) is 82.6 Å². The smallest absolute Gasteiger partial charge is 0.216 e. The zero-order valence-corrected chi connectivity index (χ0v) is 16.6. The maximum Gasteiger partial charge on any atom is 0.216 e. The number of hydrogen-bond acceptors (Lipinski definition) is 3. The Labute approximate surface area is 157 Å². The third kappa shape index (κ3) is 7.17. The maximum atomic E-state index is 12.0. The van der Waals surface area contributed by atoms with E-state index in [1.54, 1.807) is 0 Å². The van der Waals surface area contributed by atoms with E-state index >= 15 is 0 Å². The van der Waals surface area contributed by atoms with E-state index in [1.165, 1.54) is 0 Å². The summed E-state index contributed by atoms with van der Waals surface area (Å²) in [6.07, 6.45) is 6.42. The Bertz CT molecular complexity index is 716. The molecule has 144 valence electrons. The van der Waals surface area contributed by atoms with Crippen LogP contribution in [0.2, 0.25) is 0 Å². The van der Waals surface area contributed by atoms with Crippen LogP contribution in [0.5, 0.6) is 0 Å². The van der Waals surface area contributed by atoms with Crippen molar-refractivity contribution in [1.29, 1.82) is 0 Å². The quantitative estimate of drug-likeness (QED) is 0.368. The summed E-state index contributed by atoms with van der Waals surface area (Å²) in [6, 6.07) is 7.89. The van der Waals surface area contributed by atoms with Crippen LogP contribution in [-0.4, -0.2) is 33.0 Å². The lowest BCUT2D eigenvalue weighted by Crippen LogP contribution is -2.42. The number of nitrogens with zero attached hydrogens (tertiary/aromatic N) is 1. The molecule has 1 aliphatic carbocycles. The lowest BCUT2D eigenvalue weighted by Gasteiger charge is -2.16. The van der Waals surface area contributed by atoms with Gasteiger partial charge in [0.2, 0.25) is 10.0 Å². The number of hydrogen-bond donors (Lipinski definition) is 3. The van der Waals surface area contributed by atoms with Gasteiger partial charge in [-0.1, -0.05) is 36.4 Å². The van der Waals surface area contributed by atoms with Gasteiger partial charge >= 0.3 is 0 Å². The van der Waals surface area contributed by atoms with Crippen molar-refractivity contribution in [2.24, 2.45) is 4.99 Å². The molecule has 0 amide bonds. The SMILES string of the molecule is CCNC(=NCc1ccc(CS(=O)(=O)NC(C)C)cc1)NC1CC=CC1. The van der Waals surface area contributed by atoms with Crippen LogP contribution < -0.4 is 15.4 Å². The number of aliphatic imine (C=N–C) groups is 1. The molecule has 0 bridgehead atoms. The third-order valence-corrected chi connectivity index (χ3v) is 5.45. The van der Waals surface area contributed by atoms with Crippen molar-refractivity contribution in [3.63, 3.8) is 0 Å². The highest BCUT2D eigenvalue weighted by atomic mass is 32.2. The molecule has 0 aromatic heterocycles. The standard InChI is InChI=1S/C19H30N4O2S/c1-4-20-19(22-18-7-5-6-8-18)21-13-16-9-11-17(12-10-16)14-26(24,25)23-15(2)3/h5-6,9-12,15,18,23H,4,7-8,13-14H2,1-3H3,(H2,20,21,22). The first-order valence-electron chi connectivity index (χ1n) is 9.15. The van der Waals surface area contributed by atoms with Gasteiger partial charge in [-0.3, -0.25) is 0 Å². The Balaban J connectivity index is 1.94. The molecule has 7 heteroatoms. The van der Waals surface area contributed by atoms with Gasteiger partial charge in [0.1, 0.15) is 0 Å². The van der Waals surface area contributed by atoms with E-state index in [1.807, 2.05) is 45.0 Å². The van der Waals surface area contributed by atoms with Crippen LogP contribution in [-0.2, 0) is 22.3 Å². The summed E-state index contributed by atoms with van der Waals surface area (Å²) in [5.74, 6) is 0.808. The zero-order valence-electron chi connectivity index (χ0n) is 15.8. The molecule has 0 saturated heterocycles. The van der Waals surface area contributed by atoms with Crippen LogP contribution in [0, 0.1) is 0 Å². The van der Waals surface area contributed by atoms with Gasteiger partial charge in [-0.15, -0.1) is 0 Å². The van der Waals surface area contributed by atoms with Gasteiger partial charge in [0, 0.05) is 18.6 Å². The summed E-state index contributed by atoms with van der Waals surface area (Å²) in [5.41, 5.74) is 1.82. The van der Waals surface area contributed by atoms with Gasteiger partial charge in [0.15, 0.2) is 5.96 Å². The van der Waals surface area contributed by atoms with Crippen LogP contribution in [0.15, 0.2) is 41.4 Å². The minimum atomic E-state index is -3.30. The largest absolute Gasteiger partial charge is 0.357 e. The second-order valence-corrected chi connectivity index (χ2v) is 8.58. The molecule has 6 nitrogen and oxygen atoms in total. The van der Waals surface area contributed by atoms with Crippen molar-refractivity contribution in [1.82, 2.24) is 15.4 Å². The maximum absolute atomic E-state index is 12.0. The molecule has 1 aromatic carbocycles. The second-order valence-electron chi connectivity index (χ2n) is 6.83. The van der Waals surface area contributed by atoms with Gasteiger partial charge in [0.05, 0.1) is 12.3 Å². The molecule has 0 saturated carbocycles. The fourth-order valence-electron chi connectivity index (χ4n) is 2.78. The molecule has 2 rings (SSSR count). The van der Waals surface area contributed by atoms with Gasteiger partial charge < -0.3 is 10.6 Å². The van der Waals surface area contributed by atoms with Crippen molar-refractivity contribution < 1.29 is 8.42 Å². The molecule has 26 heavy (non-hydrogen) atoms. The normalized spacial score (nSPS) is 15.6. The number of benzene rings is 1. The minimum Gasteiger partial charge on any atom is -0.357 e. The van der Waals surface area contributed by atoms with Crippen molar-refractivity contribution in [2.45, 2.75) is 58.0 Å². The average Bonchev–Trinajstić information content (AvgIpc) is 3.05. The summed E-state index contributed by atoms with van der Waals surface area (Å²) in [4.78, 5) is 4.63. The van der Waals surface area contributed by atoms with Gasteiger partial charge in [-0.05, 0) is 44.7 Å². The van der Waals surface area contributed by atoms with Crippen LogP contribution in [0.4, 0.5) is 0 Å². The van der Waals surface area contributed by atoms with Crippen LogP contribution in [0.3, 0.4) is 0 Å². The highest BCUT2D eigenvalue weighted by Crippen LogP contribution is 2.11. The highest BCUT2D eigenvalue weighted by molar-refractivity contribution is 7.88. The van der Waals surface area contributed by atoms with Gasteiger partial charge in [-0.2, -0.15) is 0 Å². The molecule has 0 atom stereocenters. The van der Waals surface area contributed by atoms with Crippen molar-refractivity contribution in [3.05, 3.63) is 47.5 Å². The predicted octanol–water partition coefficient (Wildman–Crippen LogP) is 2.29. The summed E-state index contributed by atoms with van der Waals surface area (Å²) < 4.78 is 26.6. The predicted molar refractivity (Wildman–Crippen MR) is 107 cm³/mol. The second kappa shape index (κ2) is 9.73. The Morgan fingerprint density at radius 3 is 2.35 bits per heavy atom. The molecule has 1 aliphatic rings. The van der Waals surface area contributed by atoms with Gasteiger partial charge in [-0.25, -0.2) is 18.1 Å². The number of rotatable bonds is 8. The van der Waals surface area contributed by atoms with E-state index in [0.717, 1.165) is 36.5 Å². The van der Waals surface area contributed by atoms with Crippen molar-refractivity contribution in [2.75, 3.05) is 6.54 Å². The minimum absolute atomic E-state index is 0.00635. The van der Waals surface area contributed by atoms with Crippen molar-refractivity contribution in [3.8, 4) is 0 Å². The monoisotopic (exact) mass is 378 g/mol. The van der Waals surface area contributed by atoms with Crippen LogP contribution in [0.25, 0.3) is 0 Å². The van der Waals surface area contributed by atoms with E-state index in [4.69, 9.17) is 0 Å². The molecule has 3 N–H and O–H groups in total. The van der Waals surface area contributed by atoms with Crippen LogP contribution in [0.1, 0.15) is 44.7 Å². The lowest BCUT2D eigenvalue weighted by atomic mass is 10.1. The van der Waals surface area contributed by atoms with E-state index in [-0.39, 0.29) is 11.8 Å². The van der Waals surface area contributed by atoms with E-state index in [0.29, 0.717) is 12.6 Å². The summed E-state index contributed by atoms with van der Waals surface area (Å²) in [7, 11) is -3.30. The Morgan fingerprint density at radius 1 is 1.15 bits per heavy atom. The fourth-order valence-corrected chi connectivity index (χ4v) is 4.21. The molecule has 0 heterocycles. The van der Waals surface area contributed by atoms with E-state index < -0.39 is 10.0 Å². The summed E-state index contributed by atoms with van der Waals surface area (Å²) in [5, 5.41) is 6.70. The molecule has 0 spiro atoms. The lowest BCUT2D eigenvalue weighted by molar-refractivity contribution is 0.569. The first-order valence-corrected chi connectivity index (χ1v) is 10.8. The Hall–Kier alpha value is -1.86. The fraction of sp³-hybridized carbons (Fsp3) is 0.526. The third-order valence-electron chi connectivity index (χ3n) is 3.91. The Morgan fingerprint density at radius 2 is 1.77 bits per heavy atom. The molecular weight excluding hydrogens is 348 g/mol. The van der Waals surface area contributed by atoms with E-state index in [9.17, 15) is 8.42 Å². The molecule has 0 aliphatic heterocycles. The molecule has 0 radical (unpaired) electrons. The summed E-state index contributed by atoms with van der Waals surface area (Å²) >= 11 is 0. The number of nitrogens with one attached hydrogen (secondary N) is 3. The van der Waals surface area contributed by atoms with Gasteiger partial charge in [0.25, 0.3) is 0 Å². The van der Waals surface area contributed by atoms with Crippen molar-refractivity contribution >= 4 is 16.0 Å². The molecule has 1 aromatic rings.